The van der Waals surface area contributed by atoms with E-state index in [0.29, 0.717) is 4.48 Å². The summed E-state index contributed by atoms with van der Waals surface area (Å²) in [5.74, 6) is 0. The van der Waals surface area contributed by atoms with E-state index in [0.717, 1.165) is 28.4 Å². The van der Waals surface area contributed by atoms with Crippen LogP contribution >= 0.6 is 11.8 Å². The quantitative estimate of drug-likeness (QED) is 0.123. The molecule has 0 atom stereocenters. The van der Waals surface area contributed by atoms with Gasteiger partial charge in [0.15, 0.2) is 5.69 Å². The van der Waals surface area contributed by atoms with Gasteiger partial charge in [-0.25, -0.2) is 0 Å². The fraction of sp³-hybridized carbons (Fsp3) is 0.0566. The van der Waals surface area contributed by atoms with Crippen molar-refractivity contribution in [1.82, 2.24) is 9.05 Å². The molecule has 9 aromatic rings. The van der Waals surface area contributed by atoms with E-state index in [9.17, 15) is 0 Å². The predicted octanol–water partition coefficient (Wildman–Crippen LogP) is 12.1. The maximum absolute atomic E-state index is 2.66. The van der Waals surface area contributed by atoms with Gasteiger partial charge in [-0.15, -0.1) is 0 Å². The van der Waals surface area contributed by atoms with Crippen LogP contribution in [0, 0.1) is 6.92 Å². The van der Waals surface area contributed by atoms with E-state index < -0.39 is 0 Å². The maximum Gasteiger partial charge on any atom is 0.249 e. The SMILES string of the molecule is Cc1cc2c3c(c1)-n1c4c(c5c(N(c6ccccc6)c6ccccc6)ccc(c51)B3c1ccccc1S2)[N+](C)(C)c1cc(N(c2ccccc2)c2ccccc2)ccc1-4. The Bertz CT molecular complexity index is 3050. The molecule has 0 bridgehead atoms. The average molecular weight is 776 g/mol. The van der Waals surface area contributed by atoms with Crippen molar-refractivity contribution in [3.05, 3.63) is 194 Å². The van der Waals surface area contributed by atoms with Gasteiger partial charge in [0.25, 0.3) is 0 Å². The number of para-hydroxylation sites is 4. The first-order chi connectivity index (χ1) is 29.0. The number of nitrogens with zero attached hydrogens (tertiary/aromatic N) is 4. The molecule has 8 aromatic carbocycles. The summed E-state index contributed by atoms with van der Waals surface area (Å²) in [5, 5.41) is 1.29. The molecule has 59 heavy (non-hydrogen) atoms. The van der Waals surface area contributed by atoms with E-state index >= 15 is 0 Å². The molecule has 0 radical (unpaired) electrons. The molecule has 4 heterocycles. The van der Waals surface area contributed by atoms with Crippen LogP contribution in [0.4, 0.5) is 45.5 Å². The zero-order valence-corrected chi connectivity index (χ0v) is 34.0. The number of hydrogen-bond donors (Lipinski definition) is 0. The summed E-state index contributed by atoms with van der Waals surface area (Å²) in [6.45, 7) is 2.38. The van der Waals surface area contributed by atoms with Crippen LogP contribution < -0.4 is 30.7 Å². The standard InChI is InChI=1S/C53H40BN4S/c1-35-32-45-50-48(33-35)59-47-27-17-16-26-42(47)54(50)43-30-31-44(56(38-22-12-6-13-23-38)39-24-14-7-15-25-39)49-52(43)57(45)51-41-29-28-40(34-46(41)58(2,3)53(49)51)55(36-18-8-4-9-19-36)37-20-10-5-11-21-37/h4-34H,1-3H3/q+1. The molecule has 0 N–H and O–H groups in total. The van der Waals surface area contributed by atoms with Crippen LogP contribution in [0.5, 0.6) is 0 Å². The van der Waals surface area contributed by atoms with Crippen LogP contribution in [-0.2, 0) is 0 Å². The predicted molar refractivity (Wildman–Crippen MR) is 251 cm³/mol. The summed E-state index contributed by atoms with van der Waals surface area (Å²) >= 11 is 1.92. The average Bonchev–Trinajstić information content (AvgIpc) is 3.75. The van der Waals surface area contributed by atoms with Crippen LogP contribution in [0.15, 0.2) is 198 Å². The maximum atomic E-state index is 2.66. The zero-order chi connectivity index (χ0) is 39.4. The molecule has 0 aliphatic carbocycles. The van der Waals surface area contributed by atoms with Gasteiger partial charge >= 0.3 is 0 Å². The molecule has 280 valence electrons. The molecule has 4 nitrogen and oxygen atoms in total. The first kappa shape index (κ1) is 34.3. The van der Waals surface area contributed by atoms with E-state index in [1.165, 1.54) is 76.7 Å². The molecule has 0 fully saturated rings. The summed E-state index contributed by atoms with van der Waals surface area (Å²) in [4.78, 5) is 7.54. The van der Waals surface area contributed by atoms with E-state index in [1.807, 2.05) is 11.8 Å². The number of anilines is 6. The Labute approximate surface area is 349 Å². The van der Waals surface area contributed by atoms with Crippen molar-refractivity contribution >= 4 is 91.3 Å². The largest absolute Gasteiger partial charge is 0.310 e. The Balaban J connectivity index is 1.20. The lowest BCUT2D eigenvalue weighted by molar-refractivity contribution is 0.572. The normalized spacial score (nSPS) is 13.7. The fourth-order valence-electron chi connectivity index (χ4n) is 10.2. The van der Waals surface area contributed by atoms with Crippen LogP contribution in [-0.4, -0.2) is 25.4 Å². The Morgan fingerprint density at radius 1 is 0.525 bits per heavy atom. The monoisotopic (exact) mass is 775 g/mol. The van der Waals surface area contributed by atoms with Gasteiger partial charge in [0.2, 0.25) is 6.71 Å². The second-order valence-corrected chi connectivity index (χ2v) is 17.5. The zero-order valence-electron chi connectivity index (χ0n) is 33.2. The van der Waals surface area contributed by atoms with Crippen molar-refractivity contribution in [3.8, 4) is 16.9 Å². The fourth-order valence-corrected chi connectivity index (χ4v) is 11.5. The van der Waals surface area contributed by atoms with Crippen molar-refractivity contribution in [1.29, 1.82) is 0 Å². The number of hydrogen-bond acceptors (Lipinski definition) is 3. The van der Waals surface area contributed by atoms with Gasteiger partial charge < -0.3 is 14.4 Å². The van der Waals surface area contributed by atoms with E-state index in [4.69, 9.17) is 0 Å². The number of aryl methyl sites for hydroxylation is 1. The van der Waals surface area contributed by atoms with Crippen LogP contribution in [0.25, 0.3) is 27.8 Å². The second kappa shape index (κ2) is 12.9. The van der Waals surface area contributed by atoms with Gasteiger partial charge in [0.1, 0.15) is 11.4 Å². The molecular formula is C53H40BN4S+. The molecule has 0 saturated heterocycles. The molecule has 0 spiro atoms. The second-order valence-electron chi connectivity index (χ2n) is 16.4. The van der Waals surface area contributed by atoms with E-state index in [1.54, 1.807) is 0 Å². The molecular weight excluding hydrogens is 735 g/mol. The van der Waals surface area contributed by atoms with Gasteiger partial charge in [0.05, 0.1) is 41.9 Å². The Kier molecular flexibility index (Phi) is 7.50. The highest BCUT2D eigenvalue weighted by molar-refractivity contribution is 8.00. The lowest BCUT2D eigenvalue weighted by Gasteiger charge is -2.35. The molecule has 0 saturated carbocycles. The highest BCUT2D eigenvalue weighted by Gasteiger charge is 2.49. The molecule has 3 aliphatic rings. The van der Waals surface area contributed by atoms with Crippen LogP contribution in [0.2, 0.25) is 0 Å². The van der Waals surface area contributed by atoms with Crippen molar-refractivity contribution in [2.75, 3.05) is 23.9 Å². The Morgan fingerprint density at radius 2 is 1.10 bits per heavy atom. The number of benzene rings is 8. The Morgan fingerprint density at radius 3 is 1.73 bits per heavy atom. The number of fused-ring (bicyclic) bond motifs is 9. The molecule has 3 aliphatic heterocycles. The molecule has 12 rings (SSSR count). The summed E-state index contributed by atoms with van der Waals surface area (Å²) in [6.07, 6.45) is 0. The van der Waals surface area contributed by atoms with Crippen LogP contribution in [0.1, 0.15) is 5.56 Å². The van der Waals surface area contributed by atoms with E-state index in [-0.39, 0.29) is 6.71 Å². The van der Waals surface area contributed by atoms with Gasteiger partial charge in [-0.05, 0) is 108 Å². The molecule has 6 heteroatoms. The minimum atomic E-state index is 0.127. The third-order valence-electron chi connectivity index (χ3n) is 12.6. The molecule has 1 aromatic heterocycles. The van der Waals surface area contributed by atoms with Gasteiger partial charge in [-0.2, -0.15) is 0 Å². The van der Waals surface area contributed by atoms with Crippen molar-refractivity contribution in [2.45, 2.75) is 16.7 Å². The van der Waals surface area contributed by atoms with Crippen molar-refractivity contribution in [3.63, 3.8) is 0 Å². The van der Waals surface area contributed by atoms with Crippen molar-refractivity contribution < 1.29 is 0 Å². The summed E-state index contributed by atoms with van der Waals surface area (Å²) in [7, 11) is 4.78. The summed E-state index contributed by atoms with van der Waals surface area (Å²) in [5.41, 5.74) is 20.0. The first-order valence-corrected chi connectivity index (χ1v) is 21.2. The lowest BCUT2D eigenvalue weighted by Crippen LogP contribution is -2.58. The summed E-state index contributed by atoms with van der Waals surface area (Å²) < 4.78 is 3.25. The third-order valence-corrected chi connectivity index (χ3v) is 13.8. The summed E-state index contributed by atoms with van der Waals surface area (Å²) in [6, 6.07) is 69.1. The third kappa shape index (κ3) is 4.97. The highest BCUT2D eigenvalue weighted by Crippen LogP contribution is 2.60. The minimum Gasteiger partial charge on any atom is -0.310 e. The first-order valence-electron chi connectivity index (χ1n) is 20.4. The molecule has 0 unspecified atom stereocenters. The number of aromatic nitrogens is 1. The topological polar surface area (TPSA) is 11.4 Å². The Hall–Kier alpha value is -6.73. The van der Waals surface area contributed by atoms with Gasteiger partial charge in [-0.1, -0.05) is 114 Å². The minimum absolute atomic E-state index is 0.127. The number of rotatable bonds is 6. The van der Waals surface area contributed by atoms with Crippen LogP contribution in [0.3, 0.4) is 0 Å². The van der Waals surface area contributed by atoms with Crippen molar-refractivity contribution in [2.24, 2.45) is 0 Å². The number of quaternary nitrogens is 1. The van der Waals surface area contributed by atoms with Gasteiger partial charge in [0, 0.05) is 44.3 Å². The lowest BCUT2D eigenvalue weighted by atomic mass is 9.35. The van der Waals surface area contributed by atoms with Gasteiger partial charge in [-0.3, -0.25) is 4.48 Å². The molecule has 0 amide bonds. The van der Waals surface area contributed by atoms with E-state index in [2.05, 4.69) is 223 Å². The highest BCUT2D eigenvalue weighted by atomic mass is 32.2. The smallest absolute Gasteiger partial charge is 0.249 e.